The average molecular weight is 298 g/mol. The molecule has 0 radical (unpaired) electrons. The quantitative estimate of drug-likeness (QED) is 0.855. The monoisotopic (exact) mass is 297 g/mol. The minimum Gasteiger partial charge on any atom is -0.506 e. The van der Waals surface area contributed by atoms with Gasteiger partial charge in [-0.3, -0.25) is 4.72 Å². The van der Waals surface area contributed by atoms with Gasteiger partial charge in [-0.2, -0.15) is 0 Å². The summed E-state index contributed by atoms with van der Waals surface area (Å²) in [6, 6.07) is 10.8. The Bertz CT molecular complexity index is 714. The van der Waals surface area contributed by atoms with E-state index in [1.165, 1.54) is 24.3 Å². The molecule has 0 amide bonds. The molecule has 0 aliphatic rings. The maximum atomic E-state index is 12.2. The zero-order valence-electron chi connectivity index (χ0n) is 10.1. The van der Waals surface area contributed by atoms with E-state index in [-0.39, 0.29) is 21.4 Å². The van der Waals surface area contributed by atoms with Gasteiger partial charge in [-0.25, -0.2) is 8.42 Å². The van der Waals surface area contributed by atoms with Gasteiger partial charge in [-0.05, 0) is 36.8 Å². The van der Waals surface area contributed by atoms with Crippen LogP contribution in [0.2, 0.25) is 5.02 Å². The van der Waals surface area contributed by atoms with Gasteiger partial charge in [0.2, 0.25) is 0 Å². The maximum absolute atomic E-state index is 12.2. The van der Waals surface area contributed by atoms with Crippen molar-refractivity contribution in [1.82, 2.24) is 0 Å². The van der Waals surface area contributed by atoms with Crippen molar-refractivity contribution in [3.63, 3.8) is 0 Å². The molecule has 0 fully saturated rings. The molecule has 2 aromatic rings. The highest BCUT2D eigenvalue weighted by molar-refractivity contribution is 7.92. The number of hydrogen-bond donors (Lipinski definition) is 2. The highest BCUT2D eigenvalue weighted by Gasteiger charge is 2.18. The van der Waals surface area contributed by atoms with E-state index in [4.69, 9.17) is 11.6 Å². The zero-order chi connectivity index (χ0) is 14.0. The van der Waals surface area contributed by atoms with Crippen molar-refractivity contribution in [1.29, 1.82) is 0 Å². The van der Waals surface area contributed by atoms with Gasteiger partial charge in [0, 0.05) is 0 Å². The minimum absolute atomic E-state index is 0.0309. The molecule has 2 N–H and O–H groups in total. The van der Waals surface area contributed by atoms with Crippen LogP contribution in [-0.4, -0.2) is 13.5 Å². The molecule has 0 bridgehead atoms. The number of anilines is 1. The second-order valence-corrected chi connectivity index (χ2v) is 6.11. The molecule has 19 heavy (non-hydrogen) atoms. The second-order valence-electron chi connectivity index (χ2n) is 4.06. The summed E-state index contributed by atoms with van der Waals surface area (Å²) in [5, 5.41) is 9.84. The van der Waals surface area contributed by atoms with Crippen molar-refractivity contribution in [2.45, 2.75) is 11.8 Å². The van der Waals surface area contributed by atoms with Crippen LogP contribution in [0.3, 0.4) is 0 Å². The van der Waals surface area contributed by atoms with E-state index in [1.54, 1.807) is 25.1 Å². The third-order valence-electron chi connectivity index (χ3n) is 2.52. The number of halogens is 1. The SMILES string of the molecule is Cc1ccc(NS(=O)(=O)c2ccccc2Cl)c(O)c1. The first-order chi connectivity index (χ1) is 8.90. The third kappa shape index (κ3) is 3.00. The van der Waals surface area contributed by atoms with Crippen LogP contribution in [0.5, 0.6) is 5.75 Å². The fourth-order valence-corrected chi connectivity index (χ4v) is 3.19. The molecule has 0 saturated heterocycles. The van der Waals surface area contributed by atoms with Crippen LogP contribution in [0.15, 0.2) is 47.4 Å². The molecule has 0 heterocycles. The van der Waals surface area contributed by atoms with Gasteiger partial charge in [-0.1, -0.05) is 29.8 Å². The molecule has 2 aromatic carbocycles. The standard InChI is InChI=1S/C13H12ClNO3S/c1-9-6-7-11(12(16)8-9)15-19(17,18)13-5-3-2-4-10(13)14/h2-8,15-16H,1H3. The molecular formula is C13H12ClNO3S. The molecule has 0 atom stereocenters. The minimum atomic E-state index is -3.82. The van der Waals surface area contributed by atoms with E-state index in [0.717, 1.165) is 5.56 Å². The highest BCUT2D eigenvalue weighted by Crippen LogP contribution is 2.28. The lowest BCUT2D eigenvalue weighted by Gasteiger charge is -2.11. The lowest BCUT2D eigenvalue weighted by molar-refractivity contribution is 0.477. The predicted octanol–water partition coefficient (Wildman–Crippen LogP) is 3.15. The van der Waals surface area contributed by atoms with E-state index >= 15 is 0 Å². The number of aromatic hydroxyl groups is 1. The first-order valence-electron chi connectivity index (χ1n) is 5.47. The maximum Gasteiger partial charge on any atom is 0.263 e. The number of sulfonamides is 1. The predicted molar refractivity (Wildman–Crippen MR) is 75.1 cm³/mol. The number of rotatable bonds is 3. The Labute approximate surface area is 116 Å². The molecule has 6 heteroatoms. The Morgan fingerprint density at radius 2 is 1.84 bits per heavy atom. The molecule has 2 rings (SSSR count). The molecule has 0 saturated carbocycles. The summed E-state index contributed by atoms with van der Waals surface area (Å²) in [5.74, 6) is -0.129. The first kappa shape index (κ1) is 13.7. The number of nitrogens with one attached hydrogen (secondary N) is 1. The number of phenolic OH excluding ortho intramolecular Hbond substituents is 1. The van der Waals surface area contributed by atoms with Crippen LogP contribution in [-0.2, 0) is 10.0 Å². The lowest BCUT2D eigenvalue weighted by atomic mass is 10.2. The van der Waals surface area contributed by atoms with E-state index in [2.05, 4.69) is 4.72 Å². The second kappa shape index (κ2) is 5.11. The van der Waals surface area contributed by atoms with Crippen LogP contribution in [0.1, 0.15) is 5.56 Å². The average Bonchev–Trinajstić information content (AvgIpc) is 2.33. The van der Waals surface area contributed by atoms with Crippen molar-refractivity contribution in [3.05, 3.63) is 53.1 Å². The van der Waals surface area contributed by atoms with Crippen molar-refractivity contribution in [3.8, 4) is 5.75 Å². The highest BCUT2D eigenvalue weighted by atomic mass is 35.5. The molecule has 0 aliphatic carbocycles. The number of phenols is 1. The van der Waals surface area contributed by atoms with Gasteiger partial charge in [0.15, 0.2) is 0 Å². The lowest BCUT2D eigenvalue weighted by Crippen LogP contribution is -2.13. The smallest absolute Gasteiger partial charge is 0.263 e. The fourth-order valence-electron chi connectivity index (χ4n) is 1.59. The van der Waals surface area contributed by atoms with Crippen LogP contribution in [0, 0.1) is 6.92 Å². The molecule has 0 unspecified atom stereocenters. The summed E-state index contributed by atoms with van der Waals surface area (Å²) in [6.45, 7) is 1.80. The summed E-state index contributed by atoms with van der Waals surface area (Å²) in [7, 11) is -3.82. The van der Waals surface area contributed by atoms with Crippen molar-refractivity contribution >= 4 is 27.3 Å². The van der Waals surface area contributed by atoms with E-state index < -0.39 is 10.0 Å². The van der Waals surface area contributed by atoms with E-state index in [0.29, 0.717) is 0 Å². The fraction of sp³-hybridized carbons (Fsp3) is 0.0769. The first-order valence-corrected chi connectivity index (χ1v) is 7.33. The van der Waals surface area contributed by atoms with Gasteiger partial charge >= 0.3 is 0 Å². The Hall–Kier alpha value is -1.72. The molecular weight excluding hydrogens is 286 g/mol. The topological polar surface area (TPSA) is 66.4 Å². The van der Waals surface area contributed by atoms with Gasteiger partial charge in [0.05, 0.1) is 10.7 Å². The molecule has 100 valence electrons. The molecule has 4 nitrogen and oxygen atoms in total. The zero-order valence-corrected chi connectivity index (χ0v) is 11.7. The van der Waals surface area contributed by atoms with Crippen molar-refractivity contribution in [2.24, 2.45) is 0 Å². The van der Waals surface area contributed by atoms with Crippen molar-refractivity contribution in [2.75, 3.05) is 4.72 Å². The molecule has 0 spiro atoms. The van der Waals surface area contributed by atoms with Crippen molar-refractivity contribution < 1.29 is 13.5 Å². The summed E-state index contributed by atoms with van der Waals surface area (Å²) in [6.07, 6.45) is 0. The normalized spacial score (nSPS) is 11.3. The van der Waals surface area contributed by atoms with Gasteiger partial charge < -0.3 is 5.11 Å². The Balaban J connectivity index is 2.40. The third-order valence-corrected chi connectivity index (χ3v) is 4.39. The van der Waals surface area contributed by atoms with E-state index in [9.17, 15) is 13.5 Å². The summed E-state index contributed by atoms with van der Waals surface area (Å²) in [4.78, 5) is -0.0309. The number of benzene rings is 2. The molecule has 0 aliphatic heterocycles. The largest absolute Gasteiger partial charge is 0.506 e. The van der Waals surface area contributed by atoms with Crippen LogP contribution < -0.4 is 4.72 Å². The summed E-state index contributed by atoms with van der Waals surface area (Å²) >= 11 is 5.86. The Morgan fingerprint density at radius 3 is 2.47 bits per heavy atom. The summed E-state index contributed by atoms with van der Waals surface area (Å²) < 4.78 is 26.6. The Morgan fingerprint density at radius 1 is 1.16 bits per heavy atom. The van der Waals surface area contributed by atoms with Gasteiger partial charge in [0.25, 0.3) is 10.0 Å². The van der Waals surface area contributed by atoms with Gasteiger partial charge in [0.1, 0.15) is 10.6 Å². The number of aryl methyl sites for hydroxylation is 1. The van der Waals surface area contributed by atoms with Gasteiger partial charge in [-0.15, -0.1) is 0 Å². The van der Waals surface area contributed by atoms with Crippen LogP contribution in [0.25, 0.3) is 0 Å². The Kier molecular flexibility index (Phi) is 3.68. The number of hydrogen-bond acceptors (Lipinski definition) is 3. The van der Waals surface area contributed by atoms with Crippen LogP contribution >= 0.6 is 11.6 Å². The molecule has 0 aromatic heterocycles. The van der Waals surface area contributed by atoms with Crippen LogP contribution in [0.4, 0.5) is 5.69 Å². The van der Waals surface area contributed by atoms with E-state index in [1.807, 2.05) is 0 Å². The summed E-state index contributed by atoms with van der Waals surface area (Å²) in [5.41, 5.74) is 0.948.